The van der Waals surface area contributed by atoms with Crippen molar-refractivity contribution in [3.8, 4) is 0 Å². The highest BCUT2D eigenvalue weighted by atomic mass is 16.5. The molecule has 1 aromatic carbocycles. The number of cyclic esters (lactones) is 1. The van der Waals surface area contributed by atoms with Crippen LogP contribution in [-0.4, -0.2) is 111 Å². The number of anilines is 1. The van der Waals surface area contributed by atoms with Crippen molar-refractivity contribution in [2.75, 3.05) is 25.1 Å². The number of aliphatic hydroxyl groups is 4. The third kappa shape index (κ3) is 3.92. The molecule has 6 heterocycles. The molecule has 56 heavy (non-hydrogen) atoms. The van der Waals surface area contributed by atoms with E-state index in [2.05, 4.69) is 44.0 Å². The number of nitrogens with zero attached hydrogens (tertiary/aromatic N) is 2. The molecule has 1 aromatic rings. The van der Waals surface area contributed by atoms with E-state index in [9.17, 15) is 34.8 Å². The molecule has 5 bridgehead atoms. The van der Waals surface area contributed by atoms with Crippen LogP contribution in [0.2, 0.25) is 0 Å². The molecule has 0 aromatic heterocycles. The summed E-state index contributed by atoms with van der Waals surface area (Å²) < 4.78 is 11.9. The fourth-order valence-electron chi connectivity index (χ4n) is 17.6. The second-order valence-corrected chi connectivity index (χ2v) is 20.6. The maximum Gasteiger partial charge on any atom is 0.362 e. The lowest BCUT2D eigenvalue weighted by Gasteiger charge is -2.67. The van der Waals surface area contributed by atoms with E-state index in [0.717, 1.165) is 43.2 Å². The van der Waals surface area contributed by atoms with Crippen molar-refractivity contribution in [2.24, 2.45) is 46.3 Å². The van der Waals surface area contributed by atoms with Crippen LogP contribution >= 0.6 is 0 Å². The van der Waals surface area contributed by atoms with Gasteiger partial charge in [0, 0.05) is 55.3 Å². The molecule has 11 nitrogen and oxygen atoms in total. The van der Waals surface area contributed by atoms with Crippen LogP contribution in [-0.2, 0) is 29.3 Å². The number of fused-ring (bicyclic) bond motifs is 7. The molecule has 9 fully saturated rings. The van der Waals surface area contributed by atoms with E-state index in [1.807, 2.05) is 6.07 Å². The summed E-state index contributed by atoms with van der Waals surface area (Å²) in [5, 5.41) is 50.1. The molecule has 5 saturated carbocycles. The van der Waals surface area contributed by atoms with E-state index in [1.54, 1.807) is 6.08 Å². The Morgan fingerprint density at radius 2 is 1.82 bits per heavy atom. The zero-order valence-electron chi connectivity index (χ0n) is 33.0. The van der Waals surface area contributed by atoms with Gasteiger partial charge in [-0.05, 0) is 98.7 Å². The molecule has 5 aliphatic carbocycles. The average Bonchev–Trinajstić information content (AvgIpc) is 3.86. The summed E-state index contributed by atoms with van der Waals surface area (Å²) in [6.07, 6.45) is 7.72. The van der Waals surface area contributed by atoms with Gasteiger partial charge in [-0.15, -0.1) is 0 Å². The summed E-state index contributed by atoms with van der Waals surface area (Å²) in [5.74, 6) is -0.852. The molecule has 12 rings (SSSR count). The van der Waals surface area contributed by atoms with Gasteiger partial charge in [0.1, 0.15) is 25.0 Å². The van der Waals surface area contributed by atoms with Gasteiger partial charge in [0.15, 0.2) is 12.8 Å². The highest BCUT2D eigenvalue weighted by Crippen LogP contribution is 2.73. The summed E-state index contributed by atoms with van der Waals surface area (Å²) in [5.41, 5.74) is -1.04. The Labute approximate surface area is 329 Å². The molecular weight excluding hydrogens is 713 g/mol. The van der Waals surface area contributed by atoms with Crippen LogP contribution in [0.3, 0.4) is 0 Å². The number of carbonyl (C=O) groups excluding carboxylic acids is 3. The number of esters is 2. The molecule has 302 valence electrons. The summed E-state index contributed by atoms with van der Waals surface area (Å²) in [4.78, 5) is 42.3. The number of likely N-dealkylation sites (N-methyl/N-ethyl adjacent to an activating group) is 1. The standard InChI is InChI=1S/C45H59N2O9/c1-4-26-27-18-33-38-44(31-7-5-6-8-32(31)46(38)3)20-34(37(27)39(44)51)47(33,40(26)52)21-36(50)56-25-9-14-42(23-48)29-10-13-41(2)28(24-17-35(49)55-22-24)12-16-45(41,54)30(29)11-15-43(42,53)19-25/h5-8,17,23,25-30,33-34,37-40,51-54H,4,9-16,18-22H2,1-3H3/q+1/t25-,26-,27-,28+,29-,30+,33-,34?,37-,38-,39+,40+,41+,42-,43-,44+,45-,47-/m0/s1. The Bertz CT molecular complexity index is 1940. The smallest absolute Gasteiger partial charge is 0.362 e. The number of aliphatic hydroxyl groups excluding tert-OH is 2. The Morgan fingerprint density at radius 3 is 2.57 bits per heavy atom. The van der Waals surface area contributed by atoms with Gasteiger partial charge in [-0.3, -0.25) is 4.48 Å². The van der Waals surface area contributed by atoms with Gasteiger partial charge in [-0.2, -0.15) is 0 Å². The van der Waals surface area contributed by atoms with Crippen molar-refractivity contribution in [1.29, 1.82) is 0 Å². The zero-order chi connectivity index (χ0) is 38.9. The summed E-state index contributed by atoms with van der Waals surface area (Å²) in [6, 6.07) is 8.28. The third-order valence-electron chi connectivity index (χ3n) is 19.6. The maximum atomic E-state index is 14.5. The number of carbonyl (C=O) groups is 3. The fraction of sp³-hybridized carbons (Fsp3) is 0.756. The van der Waals surface area contributed by atoms with Crippen molar-refractivity contribution in [1.82, 2.24) is 0 Å². The van der Waals surface area contributed by atoms with Crippen LogP contribution in [0, 0.1) is 46.3 Å². The minimum Gasteiger partial charge on any atom is -0.458 e. The SMILES string of the molecule is CC[C@H]1[C@@H]2C[C@H]3[C@@H]4N(C)c5ccccc5[C@]45CC([C@H]2[C@H]5O)[N@@+]3(CC(=O)O[C@H]2CC[C@]3(C=O)[C@H]4CC[C@]5(C)[C@@H](C6=CC(=O)OC6)CC[C@]5(O)[C@@H]4CC[C@]3(O)C2)[C@@H]1O. The van der Waals surface area contributed by atoms with Crippen molar-refractivity contribution < 1.29 is 48.8 Å². The fourth-order valence-corrected chi connectivity index (χ4v) is 17.6. The van der Waals surface area contributed by atoms with E-state index in [1.165, 1.54) is 5.56 Å². The van der Waals surface area contributed by atoms with Crippen LogP contribution in [0.1, 0.15) is 96.5 Å². The van der Waals surface area contributed by atoms with Crippen molar-refractivity contribution in [2.45, 2.75) is 144 Å². The normalized spacial score (nSPS) is 54.1. The number of quaternary nitrogens is 1. The number of hydrogen-bond donors (Lipinski definition) is 4. The second kappa shape index (κ2) is 11.5. The van der Waals surface area contributed by atoms with E-state index in [0.29, 0.717) is 44.9 Å². The molecule has 18 atom stereocenters. The molecule has 4 N–H and O–H groups in total. The average molecular weight is 772 g/mol. The first-order valence-corrected chi connectivity index (χ1v) is 21.8. The molecule has 1 unspecified atom stereocenters. The van der Waals surface area contributed by atoms with Gasteiger partial charge in [-0.25, -0.2) is 9.59 Å². The molecular formula is C45H59N2O9+. The number of rotatable bonds is 6. The van der Waals surface area contributed by atoms with Crippen molar-refractivity contribution in [3.05, 3.63) is 41.5 Å². The first-order chi connectivity index (χ1) is 26.7. The maximum absolute atomic E-state index is 14.5. The minimum atomic E-state index is -1.37. The van der Waals surface area contributed by atoms with Gasteiger partial charge in [0.2, 0.25) is 0 Å². The van der Waals surface area contributed by atoms with Crippen molar-refractivity contribution >= 4 is 23.9 Å². The molecule has 4 saturated heterocycles. The predicted molar refractivity (Wildman–Crippen MR) is 202 cm³/mol. The highest BCUT2D eigenvalue weighted by Gasteiger charge is 2.83. The van der Waals surface area contributed by atoms with Crippen LogP contribution in [0.15, 0.2) is 35.9 Å². The van der Waals surface area contributed by atoms with Crippen molar-refractivity contribution in [3.63, 3.8) is 0 Å². The third-order valence-corrected chi connectivity index (χ3v) is 19.6. The summed E-state index contributed by atoms with van der Waals surface area (Å²) in [7, 11) is 2.11. The van der Waals surface area contributed by atoms with Gasteiger partial charge >= 0.3 is 11.9 Å². The Morgan fingerprint density at radius 1 is 1.04 bits per heavy atom. The van der Waals surface area contributed by atoms with E-state index in [4.69, 9.17) is 9.47 Å². The van der Waals surface area contributed by atoms with Crippen LogP contribution < -0.4 is 4.90 Å². The monoisotopic (exact) mass is 771 g/mol. The molecule has 11 heteroatoms. The van der Waals surface area contributed by atoms with E-state index >= 15 is 0 Å². The lowest BCUT2D eigenvalue weighted by atomic mass is 9.41. The van der Waals surface area contributed by atoms with Crippen LogP contribution in [0.25, 0.3) is 0 Å². The van der Waals surface area contributed by atoms with Gasteiger partial charge < -0.3 is 39.6 Å². The molecule has 0 amide bonds. The van der Waals surface area contributed by atoms with E-state index in [-0.39, 0.29) is 89.6 Å². The topological polar surface area (TPSA) is 154 Å². The van der Waals surface area contributed by atoms with Crippen LogP contribution in [0.4, 0.5) is 5.69 Å². The largest absolute Gasteiger partial charge is 0.458 e. The first-order valence-electron chi connectivity index (χ1n) is 21.8. The highest BCUT2D eigenvalue weighted by molar-refractivity contribution is 5.85. The Kier molecular flexibility index (Phi) is 7.42. The van der Waals surface area contributed by atoms with E-state index < -0.39 is 45.9 Å². The predicted octanol–water partition coefficient (Wildman–Crippen LogP) is 3.53. The summed E-state index contributed by atoms with van der Waals surface area (Å²) in [6.45, 7) is 4.56. The molecule has 11 aliphatic rings. The minimum absolute atomic E-state index is 0.0104. The molecule has 6 aliphatic heterocycles. The number of para-hydroxylation sites is 1. The lowest BCUT2D eigenvalue weighted by molar-refractivity contribution is -1.03. The quantitative estimate of drug-likeness (QED) is 0.192. The van der Waals surface area contributed by atoms with Gasteiger partial charge in [-0.1, -0.05) is 32.0 Å². The number of hydrogen-bond acceptors (Lipinski definition) is 10. The Hall–Kier alpha value is -2.83. The number of aldehydes is 1. The Balaban J connectivity index is 0.854. The molecule has 0 radical (unpaired) electrons. The van der Waals surface area contributed by atoms with Gasteiger partial charge in [0.05, 0.1) is 40.2 Å². The van der Waals surface area contributed by atoms with Crippen LogP contribution in [0.5, 0.6) is 0 Å². The first kappa shape index (κ1) is 36.3. The second-order valence-electron chi connectivity index (χ2n) is 20.6. The summed E-state index contributed by atoms with van der Waals surface area (Å²) >= 11 is 0. The van der Waals surface area contributed by atoms with Gasteiger partial charge in [0.25, 0.3) is 0 Å². The lowest BCUT2D eigenvalue weighted by Crippen LogP contribution is -2.83. The number of benzene rings is 1. The number of piperidine rings is 4. The number of ether oxygens (including phenoxy) is 2. The molecule has 1 spiro atoms. The zero-order valence-corrected chi connectivity index (χ0v) is 33.0.